The molecule has 0 saturated carbocycles. The minimum Gasteiger partial charge on any atom is -0.504 e. The molecule has 0 radical (unpaired) electrons. The fraction of sp³-hybridized carbons (Fsp3) is 0.167. The molecule has 0 amide bonds. The number of phenols is 1. The van der Waals surface area contributed by atoms with E-state index in [4.69, 9.17) is 10.00 Å². The number of carbonyl (C=O) groups is 1. The maximum absolute atomic E-state index is 10.8. The standard InChI is InChI=1S/C12H11NO3/c1-16-12-7-9(4-2-3-5-13)10(8-14)6-11(12)15/h2,4,6-8,15H,3H2,1H3. The van der Waals surface area contributed by atoms with E-state index in [0.717, 1.165) is 0 Å². The van der Waals surface area contributed by atoms with Crippen molar-refractivity contribution in [3.63, 3.8) is 0 Å². The molecule has 82 valence electrons. The lowest BCUT2D eigenvalue weighted by molar-refractivity contribution is 0.112. The van der Waals surface area contributed by atoms with Crippen molar-refractivity contribution in [1.82, 2.24) is 0 Å². The Labute approximate surface area is 93.4 Å². The van der Waals surface area contributed by atoms with Gasteiger partial charge in [0.2, 0.25) is 0 Å². The molecule has 4 heteroatoms. The number of methoxy groups -OCH3 is 1. The van der Waals surface area contributed by atoms with Crippen molar-refractivity contribution in [3.05, 3.63) is 29.3 Å². The van der Waals surface area contributed by atoms with E-state index >= 15 is 0 Å². The second-order valence-corrected chi connectivity index (χ2v) is 3.04. The van der Waals surface area contributed by atoms with E-state index in [1.54, 1.807) is 18.2 Å². The summed E-state index contributed by atoms with van der Waals surface area (Å²) in [6, 6.07) is 4.84. The van der Waals surface area contributed by atoms with Crippen molar-refractivity contribution in [2.45, 2.75) is 6.42 Å². The van der Waals surface area contributed by atoms with E-state index in [9.17, 15) is 9.90 Å². The minimum absolute atomic E-state index is 0.0815. The van der Waals surface area contributed by atoms with Gasteiger partial charge in [0, 0.05) is 5.56 Å². The minimum atomic E-state index is -0.0815. The highest BCUT2D eigenvalue weighted by atomic mass is 16.5. The van der Waals surface area contributed by atoms with Crippen molar-refractivity contribution < 1.29 is 14.6 Å². The second kappa shape index (κ2) is 5.56. The summed E-state index contributed by atoms with van der Waals surface area (Å²) >= 11 is 0. The van der Waals surface area contributed by atoms with Crippen molar-refractivity contribution in [3.8, 4) is 17.6 Å². The van der Waals surface area contributed by atoms with Crippen LogP contribution in [0.3, 0.4) is 0 Å². The van der Waals surface area contributed by atoms with E-state index in [2.05, 4.69) is 0 Å². The molecule has 1 rings (SSSR count). The Morgan fingerprint density at radius 2 is 2.25 bits per heavy atom. The lowest BCUT2D eigenvalue weighted by Crippen LogP contribution is -1.90. The number of hydrogen-bond acceptors (Lipinski definition) is 4. The molecule has 0 aliphatic carbocycles. The molecule has 0 fully saturated rings. The highest BCUT2D eigenvalue weighted by Gasteiger charge is 2.06. The summed E-state index contributed by atoms with van der Waals surface area (Å²) in [4.78, 5) is 10.8. The van der Waals surface area contributed by atoms with E-state index in [0.29, 0.717) is 23.2 Å². The van der Waals surface area contributed by atoms with E-state index in [1.165, 1.54) is 13.2 Å². The third-order valence-corrected chi connectivity index (χ3v) is 2.02. The number of aldehydes is 1. The fourth-order valence-corrected chi connectivity index (χ4v) is 1.25. The third-order valence-electron chi connectivity index (χ3n) is 2.02. The maximum atomic E-state index is 10.8. The normalized spacial score (nSPS) is 10.0. The molecular weight excluding hydrogens is 206 g/mol. The first-order valence-corrected chi connectivity index (χ1v) is 4.62. The summed E-state index contributed by atoms with van der Waals surface area (Å²) < 4.78 is 4.93. The summed E-state index contributed by atoms with van der Waals surface area (Å²) in [7, 11) is 1.43. The molecule has 0 aliphatic heterocycles. The Balaban J connectivity index is 3.15. The third kappa shape index (κ3) is 2.61. The second-order valence-electron chi connectivity index (χ2n) is 3.04. The number of carbonyl (C=O) groups excluding carboxylic acids is 1. The molecule has 1 aromatic rings. The Morgan fingerprint density at radius 3 is 2.81 bits per heavy atom. The smallest absolute Gasteiger partial charge is 0.161 e. The molecule has 0 saturated heterocycles. The van der Waals surface area contributed by atoms with Crippen molar-refractivity contribution in [2.75, 3.05) is 7.11 Å². The number of phenolic OH excluding ortho intramolecular Hbond substituents is 1. The van der Waals surface area contributed by atoms with Crippen molar-refractivity contribution in [2.24, 2.45) is 0 Å². The van der Waals surface area contributed by atoms with Gasteiger partial charge in [0.05, 0.1) is 19.6 Å². The number of nitrogens with zero attached hydrogens (tertiary/aromatic N) is 1. The van der Waals surface area contributed by atoms with Gasteiger partial charge in [-0.25, -0.2) is 0 Å². The number of hydrogen-bond donors (Lipinski definition) is 1. The predicted molar refractivity (Wildman–Crippen MR) is 59.3 cm³/mol. The van der Waals surface area contributed by atoms with Gasteiger partial charge in [0.15, 0.2) is 17.8 Å². The molecule has 0 spiro atoms. The summed E-state index contributed by atoms with van der Waals surface area (Å²) in [5.74, 6) is 0.212. The molecule has 16 heavy (non-hydrogen) atoms. The van der Waals surface area contributed by atoms with Crippen LogP contribution in [0.25, 0.3) is 6.08 Å². The number of benzene rings is 1. The Bertz CT molecular complexity index is 458. The van der Waals surface area contributed by atoms with Crippen LogP contribution in [0.2, 0.25) is 0 Å². The molecule has 0 aromatic heterocycles. The first-order valence-electron chi connectivity index (χ1n) is 4.62. The zero-order valence-electron chi connectivity index (χ0n) is 8.80. The van der Waals surface area contributed by atoms with Crippen LogP contribution >= 0.6 is 0 Å². The zero-order valence-corrected chi connectivity index (χ0v) is 8.80. The van der Waals surface area contributed by atoms with Gasteiger partial charge < -0.3 is 9.84 Å². The number of ether oxygens (including phenoxy) is 1. The van der Waals surface area contributed by atoms with Gasteiger partial charge in [-0.15, -0.1) is 0 Å². The first-order chi connectivity index (χ1) is 7.72. The molecule has 4 nitrogen and oxygen atoms in total. The van der Waals surface area contributed by atoms with Crippen LogP contribution in [0.15, 0.2) is 18.2 Å². The topological polar surface area (TPSA) is 70.3 Å². The monoisotopic (exact) mass is 217 g/mol. The molecule has 0 bridgehead atoms. The SMILES string of the molecule is COc1cc(C=CCC#N)c(C=O)cc1O. The van der Waals surface area contributed by atoms with Gasteiger partial charge in [-0.2, -0.15) is 5.26 Å². The van der Waals surface area contributed by atoms with E-state index in [1.807, 2.05) is 6.07 Å². The van der Waals surface area contributed by atoms with Crippen LogP contribution < -0.4 is 4.74 Å². The van der Waals surface area contributed by atoms with Gasteiger partial charge in [-0.3, -0.25) is 4.79 Å². The van der Waals surface area contributed by atoms with Gasteiger partial charge in [0.25, 0.3) is 0 Å². The fourth-order valence-electron chi connectivity index (χ4n) is 1.25. The highest BCUT2D eigenvalue weighted by Crippen LogP contribution is 2.29. The number of nitriles is 1. The van der Waals surface area contributed by atoms with Crippen LogP contribution in [-0.2, 0) is 0 Å². The van der Waals surface area contributed by atoms with Crippen LogP contribution in [-0.4, -0.2) is 18.5 Å². The molecular formula is C12H11NO3. The molecule has 1 N–H and O–H groups in total. The first kappa shape index (κ1) is 11.8. The van der Waals surface area contributed by atoms with Crippen LogP contribution in [0, 0.1) is 11.3 Å². The van der Waals surface area contributed by atoms with E-state index < -0.39 is 0 Å². The predicted octanol–water partition coefficient (Wildman–Crippen LogP) is 2.14. The Hall–Kier alpha value is -2.28. The zero-order chi connectivity index (χ0) is 12.0. The average Bonchev–Trinajstić information content (AvgIpc) is 2.30. The summed E-state index contributed by atoms with van der Waals surface area (Å²) in [5.41, 5.74) is 0.965. The van der Waals surface area contributed by atoms with Crippen LogP contribution in [0.1, 0.15) is 22.3 Å². The quantitative estimate of drug-likeness (QED) is 0.784. The summed E-state index contributed by atoms with van der Waals surface area (Å²) in [5, 5.41) is 17.8. The lowest BCUT2D eigenvalue weighted by atomic mass is 10.1. The molecule has 0 aliphatic rings. The number of aromatic hydroxyl groups is 1. The van der Waals surface area contributed by atoms with Crippen molar-refractivity contribution in [1.29, 1.82) is 5.26 Å². The molecule has 0 unspecified atom stereocenters. The van der Waals surface area contributed by atoms with Crippen LogP contribution in [0.4, 0.5) is 0 Å². The van der Waals surface area contributed by atoms with Crippen molar-refractivity contribution >= 4 is 12.4 Å². The summed E-state index contributed by atoms with van der Waals surface area (Å²) in [6.45, 7) is 0. The van der Waals surface area contributed by atoms with Gasteiger partial charge in [-0.1, -0.05) is 12.2 Å². The number of allylic oxidation sites excluding steroid dienone is 1. The van der Waals surface area contributed by atoms with Gasteiger partial charge in [0.1, 0.15) is 0 Å². The highest BCUT2D eigenvalue weighted by molar-refractivity contribution is 5.83. The number of rotatable bonds is 4. The Morgan fingerprint density at radius 1 is 1.50 bits per heavy atom. The average molecular weight is 217 g/mol. The molecule has 1 aromatic carbocycles. The van der Waals surface area contributed by atoms with Gasteiger partial charge in [-0.05, 0) is 17.7 Å². The largest absolute Gasteiger partial charge is 0.504 e. The molecule has 0 atom stereocenters. The van der Waals surface area contributed by atoms with Crippen LogP contribution in [0.5, 0.6) is 11.5 Å². The Kier molecular flexibility index (Phi) is 4.10. The maximum Gasteiger partial charge on any atom is 0.161 e. The van der Waals surface area contributed by atoms with E-state index in [-0.39, 0.29) is 12.2 Å². The summed E-state index contributed by atoms with van der Waals surface area (Å²) in [6.07, 6.45) is 4.19. The lowest BCUT2D eigenvalue weighted by Gasteiger charge is -2.06. The molecule has 0 heterocycles. The van der Waals surface area contributed by atoms with Gasteiger partial charge >= 0.3 is 0 Å².